The lowest BCUT2D eigenvalue weighted by atomic mass is 10.1. The molecule has 0 spiro atoms. The second-order valence-electron chi connectivity index (χ2n) is 8.20. The number of aliphatic hydroxyl groups excluding tert-OH is 1. The minimum Gasteiger partial charge on any atom is -0.378 e. The molecule has 0 saturated carbocycles. The molecule has 0 radical (unpaired) electrons. The molecule has 0 aliphatic rings. The number of benzene rings is 2. The molecule has 208 valence electrons. The van der Waals surface area contributed by atoms with E-state index in [1.54, 1.807) is 31.2 Å². The van der Waals surface area contributed by atoms with E-state index in [-0.39, 0.29) is 23.5 Å². The quantitative estimate of drug-likeness (QED) is 0.257. The van der Waals surface area contributed by atoms with E-state index < -0.39 is 41.1 Å². The van der Waals surface area contributed by atoms with Gasteiger partial charge in [0.05, 0.1) is 12.2 Å². The topological polar surface area (TPSA) is 140 Å². The van der Waals surface area contributed by atoms with Gasteiger partial charge in [-0.05, 0) is 12.5 Å². The summed E-state index contributed by atoms with van der Waals surface area (Å²) in [4.78, 5) is 16.3. The van der Waals surface area contributed by atoms with Gasteiger partial charge in [-0.15, -0.1) is 0 Å². The monoisotopic (exact) mass is 555 g/mol. The van der Waals surface area contributed by atoms with Crippen molar-refractivity contribution < 1.29 is 36.6 Å². The van der Waals surface area contributed by atoms with E-state index in [1.807, 2.05) is 13.8 Å². The average molecular weight is 556 g/mol. The maximum atomic E-state index is 13.9. The van der Waals surface area contributed by atoms with Crippen molar-refractivity contribution in [2.45, 2.75) is 39.6 Å². The number of aliphatic hydroxyl groups is 1. The van der Waals surface area contributed by atoms with E-state index in [1.165, 1.54) is 36.4 Å². The van der Waals surface area contributed by atoms with Gasteiger partial charge in [-0.2, -0.15) is 18.2 Å². The minimum atomic E-state index is -4.81. The first-order valence-electron chi connectivity index (χ1n) is 12.2. The highest BCUT2D eigenvalue weighted by atomic mass is 19.4. The van der Waals surface area contributed by atoms with Crippen LogP contribution in [0.1, 0.15) is 42.5 Å². The highest BCUT2D eigenvalue weighted by molar-refractivity contribution is 5.82. The molecule has 1 amide bonds. The normalized spacial score (nSPS) is 12.0. The van der Waals surface area contributed by atoms with Gasteiger partial charge in [0.2, 0.25) is 11.6 Å². The smallest absolute Gasteiger partial charge is 0.378 e. The Morgan fingerprint density at radius 2 is 1.65 bits per heavy atom. The lowest BCUT2D eigenvalue weighted by Crippen LogP contribution is -2.28. The summed E-state index contributed by atoms with van der Waals surface area (Å²) in [6, 6.07) is 15.3. The van der Waals surface area contributed by atoms with Crippen molar-refractivity contribution in [2.75, 3.05) is 0 Å². The molecule has 2 aromatic carbocycles. The number of halogens is 3. The summed E-state index contributed by atoms with van der Waals surface area (Å²) in [6.07, 6.45) is -6.28. The number of alkyl halides is 3. The first-order valence-corrected chi connectivity index (χ1v) is 12.2. The minimum absolute atomic E-state index is 0.0306. The van der Waals surface area contributed by atoms with Gasteiger partial charge >= 0.3 is 6.18 Å². The van der Waals surface area contributed by atoms with Crippen molar-refractivity contribution in [1.29, 1.82) is 0 Å². The Bertz CT molecular complexity index is 1560. The van der Waals surface area contributed by atoms with E-state index >= 15 is 0 Å². The lowest BCUT2D eigenvalue weighted by Gasteiger charge is -2.11. The molecular formula is C27H24F3N5O5. The summed E-state index contributed by atoms with van der Waals surface area (Å²) < 4.78 is 56.8. The van der Waals surface area contributed by atoms with Gasteiger partial charge in [0.25, 0.3) is 11.8 Å². The van der Waals surface area contributed by atoms with E-state index in [0.717, 1.165) is 0 Å². The Kier molecular flexibility index (Phi) is 8.43. The Balaban J connectivity index is 0.00000181. The number of aromatic nitrogens is 4. The van der Waals surface area contributed by atoms with Crippen LogP contribution in [0, 0.1) is 6.92 Å². The third-order valence-electron chi connectivity index (χ3n) is 5.49. The van der Waals surface area contributed by atoms with Gasteiger partial charge in [0.15, 0.2) is 11.9 Å². The zero-order valence-corrected chi connectivity index (χ0v) is 21.6. The second kappa shape index (κ2) is 11.9. The van der Waals surface area contributed by atoms with Gasteiger partial charge in [0, 0.05) is 17.2 Å². The van der Waals surface area contributed by atoms with Gasteiger partial charge in [-0.1, -0.05) is 83.9 Å². The summed E-state index contributed by atoms with van der Waals surface area (Å²) in [7, 11) is 0. The molecule has 5 aromatic rings. The maximum Gasteiger partial charge on any atom is 0.422 e. The van der Waals surface area contributed by atoms with Crippen molar-refractivity contribution in [3.8, 4) is 34.3 Å². The summed E-state index contributed by atoms with van der Waals surface area (Å²) in [5.41, 5.74) is -0.0317. The number of nitrogens with zero attached hydrogens (tertiary/aromatic N) is 4. The molecule has 10 nitrogen and oxygen atoms in total. The van der Waals surface area contributed by atoms with Crippen molar-refractivity contribution in [2.24, 2.45) is 0 Å². The summed E-state index contributed by atoms with van der Waals surface area (Å²) in [5.74, 6) is -1.47. The van der Waals surface area contributed by atoms with E-state index in [4.69, 9.17) is 13.6 Å². The summed E-state index contributed by atoms with van der Waals surface area (Å²) in [6.45, 7) is 5.79. The highest BCUT2D eigenvalue weighted by Gasteiger charge is 2.43. The van der Waals surface area contributed by atoms with Crippen LogP contribution in [0.2, 0.25) is 0 Å². The van der Waals surface area contributed by atoms with Crippen LogP contribution in [0.15, 0.2) is 74.2 Å². The van der Waals surface area contributed by atoms with Crippen molar-refractivity contribution in [3.63, 3.8) is 0 Å². The standard InChI is InChI=1S/C25H18F3N5O5.C2H6/c1-13-11-17(36-31-13)12-29-23(35)20(34)15-7-9-16(10-8-15)22-30-24(38-33-22)21-18(25(26,27)28)19(32-37-21)14-5-3-2-4-6-14;1-2/h2-11,20,34H,12H2,1H3,(H,29,35);1-2H3. The van der Waals surface area contributed by atoms with E-state index in [9.17, 15) is 23.1 Å². The Hall–Kier alpha value is -4.78. The predicted octanol–water partition coefficient (Wildman–Crippen LogP) is 5.75. The number of amides is 1. The third-order valence-corrected chi connectivity index (χ3v) is 5.49. The van der Waals surface area contributed by atoms with Gasteiger partial charge < -0.3 is 24.0 Å². The van der Waals surface area contributed by atoms with Crippen molar-refractivity contribution in [1.82, 2.24) is 25.8 Å². The molecule has 3 heterocycles. The van der Waals surface area contributed by atoms with Gasteiger partial charge in [-0.25, -0.2) is 0 Å². The third kappa shape index (κ3) is 6.10. The molecule has 0 fully saturated rings. The first-order chi connectivity index (χ1) is 19.2. The zero-order valence-electron chi connectivity index (χ0n) is 21.6. The molecule has 2 N–H and O–H groups in total. The van der Waals surface area contributed by atoms with E-state index in [2.05, 4.69) is 25.8 Å². The Labute approximate surface area is 225 Å². The van der Waals surface area contributed by atoms with Crippen LogP contribution in [0.4, 0.5) is 13.2 Å². The number of hydrogen-bond acceptors (Lipinski definition) is 9. The van der Waals surface area contributed by atoms with Gasteiger partial charge in [-0.3, -0.25) is 4.79 Å². The fourth-order valence-electron chi connectivity index (χ4n) is 3.66. The Morgan fingerprint density at radius 1 is 0.950 bits per heavy atom. The van der Waals surface area contributed by atoms with Crippen LogP contribution in [0.3, 0.4) is 0 Å². The number of rotatable bonds is 7. The molecular weight excluding hydrogens is 531 g/mol. The number of aryl methyl sites for hydroxylation is 1. The zero-order chi connectivity index (χ0) is 28.9. The second-order valence-corrected chi connectivity index (χ2v) is 8.20. The van der Waals surface area contributed by atoms with Gasteiger partial charge in [0.1, 0.15) is 11.3 Å². The summed E-state index contributed by atoms with van der Waals surface area (Å²) >= 11 is 0. The predicted molar refractivity (Wildman–Crippen MR) is 135 cm³/mol. The Morgan fingerprint density at radius 3 is 2.27 bits per heavy atom. The number of carbonyl (C=O) groups excluding carboxylic acids is 1. The number of hydrogen-bond donors (Lipinski definition) is 2. The van der Waals surface area contributed by atoms with Crippen LogP contribution in [-0.2, 0) is 17.5 Å². The molecule has 0 aliphatic heterocycles. The highest BCUT2D eigenvalue weighted by Crippen LogP contribution is 2.43. The molecule has 1 atom stereocenters. The fraction of sp³-hybridized carbons (Fsp3) is 0.222. The molecule has 0 aliphatic carbocycles. The largest absolute Gasteiger partial charge is 0.422 e. The fourth-order valence-corrected chi connectivity index (χ4v) is 3.66. The van der Waals surface area contributed by atoms with Crippen molar-refractivity contribution >= 4 is 5.91 Å². The number of nitrogens with one attached hydrogen (secondary N) is 1. The molecule has 0 bridgehead atoms. The van der Waals surface area contributed by atoms with E-state index in [0.29, 0.717) is 17.0 Å². The molecule has 13 heteroatoms. The number of carbonyl (C=O) groups is 1. The SMILES string of the molecule is CC.Cc1cc(CNC(=O)C(O)c2ccc(-c3noc(-c4onc(-c5ccccc5)c4C(F)(F)F)n3)cc2)on1. The first kappa shape index (κ1) is 28.2. The molecule has 40 heavy (non-hydrogen) atoms. The average Bonchev–Trinajstić information content (AvgIpc) is 3.72. The molecule has 1 unspecified atom stereocenters. The maximum absolute atomic E-state index is 13.9. The molecule has 0 saturated heterocycles. The molecule has 3 aromatic heterocycles. The van der Waals surface area contributed by atoms with Crippen molar-refractivity contribution in [3.05, 3.63) is 83.2 Å². The van der Waals surface area contributed by atoms with Crippen LogP contribution in [-0.4, -0.2) is 31.5 Å². The lowest BCUT2D eigenvalue weighted by molar-refractivity contribution is -0.137. The summed E-state index contributed by atoms with van der Waals surface area (Å²) in [5, 5.41) is 23.9. The van der Waals surface area contributed by atoms with Crippen LogP contribution in [0.25, 0.3) is 34.3 Å². The molecule has 5 rings (SSSR count). The van der Waals surface area contributed by atoms with Crippen LogP contribution >= 0.6 is 0 Å². The van der Waals surface area contributed by atoms with Crippen LogP contribution < -0.4 is 5.32 Å². The van der Waals surface area contributed by atoms with Crippen LogP contribution in [0.5, 0.6) is 0 Å².